The number of amides is 1. The molecule has 0 unspecified atom stereocenters. The molecule has 1 fully saturated rings. The maximum Gasteiger partial charge on any atom is 0.224 e. The molecule has 1 amide bonds. The highest BCUT2D eigenvalue weighted by atomic mass is 79.9. The minimum atomic E-state index is 0.149. The number of hydrogen-bond acceptors (Lipinski definition) is 1. The highest BCUT2D eigenvalue weighted by molar-refractivity contribution is 9.10. The summed E-state index contributed by atoms with van der Waals surface area (Å²) in [6.45, 7) is 2.24. The smallest absolute Gasteiger partial charge is 0.224 e. The van der Waals surface area contributed by atoms with Gasteiger partial charge in [-0.05, 0) is 36.5 Å². The van der Waals surface area contributed by atoms with Crippen LogP contribution in [0.4, 0.5) is 0 Å². The van der Waals surface area contributed by atoms with Gasteiger partial charge in [-0.3, -0.25) is 4.79 Å². The normalized spacial score (nSPS) is 23.7. The van der Waals surface area contributed by atoms with Gasteiger partial charge >= 0.3 is 0 Å². The minimum absolute atomic E-state index is 0.149. The van der Waals surface area contributed by atoms with Crippen LogP contribution in [0.3, 0.4) is 0 Å². The summed E-state index contributed by atoms with van der Waals surface area (Å²) in [5.74, 6) is 0.767. The fourth-order valence-electron chi connectivity index (χ4n) is 2.58. The zero-order valence-electron chi connectivity index (χ0n) is 10.8. The van der Waals surface area contributed by atoms with E-state index in [1.807, 2.05) is 24.3 Å². The van der Waals surface area contributed by atoms with Crippen molar-refractivity contribution in [1.82, 2.24) is 5.32 Å². The maximum absolute atomic E-state index is 12.0. The average Bonchev–Trinajstić information content (AvgIpc) is 2.35. The first-order chi connectivity index (χ1) is 8.65. The number of halogens is 1. The van der Waals surface area contributed by atoms with Gasteiger partial charge in [-0.15, -0.1) is 0 Å². The predicted octanol–water partition coefficient (Wildman–Crippen LogP) is 3.69. The minimum Gasteiger partial charge on any atom is -0.353 e. The van der Waals surface area contributed by atoms with Crippen LogP contribution in [0.2, 0.25) is 0 Å². The fourth-order valence-corrected chi connectivity index (χ4v) is 2.84. The van der Waals surface area contributed by atoms with Gasteiger partial charge in [0.25, 0.3) is 0 Å². The standard InChI is InChI=1S/C15H20BrNO/c1-11-4-2-3-5-14(11)17-15(18)10-12-6-8-13(16)9-7-12/h6-9,11,14H,2-5,10H2,1H3,(H,17,18)/t11-,14-/m0/s1. The zero-order chi connectivity index (χ0) is 13.0. The second kappa shape index (κ2) is 6.37. The van der Waals surface area contributed by atoms with Crippen molar-refractivity contribution in [3.05, 3.63) is 34.3 Å². The topological polar surface area (TPSA) is 29.1 Å². The van der Waals surface area contributed by atoms with Gasteiger partial charge in [0.15, 0.2) is 0 Å². The molecule has 2 atom stereocenters. The Morgan fingerprint density at radius 1 is 1.28 bits per heavy atom. The fraction of sp³-hybridized carbons (Fsp3) is 0.533. The summed E-state index contributed by atoms with van der Waals surface area (Å²) in [4.78, 5) is 12.0. The van der Waals surface area contributed by atoms with Crippen molar-refractivity contribution in [2.24, 2.45) is 5.92 Å². The van der Waals surface area contributed by atoms with Crippen molar-refractivity contribution in [2.45, 2.75) is 45.1 Å². The number of benzene rings is 1. The lowest BCUT2D eigenvalue weighted by molar-refractivity contribution is -0.121. The molecule has 1 saturated carbocycles. The highest BCUT2D eigenvalue weighted by Gasteiger charge is 2.22. The highest BCUT2D eigenvalue weighted by Crippen LogP contribution is 2.23. The van der Waals surface area contributed by atoms with Crippen molar-refractivity contribution in [2.75, 3.05) is 0 Å². The van der Waals surface area contributed by atoms with E-state index in [0.717, 1.165) is 16.5 Å². The van der Waals surface area contributed by atoms with Gasteiger partial charge in [0, 0.05) is 10.5 Å². The molecular formula is C15H20BrNO. The van der Waals surface area contributed by atoms with E-state index in [2.05, 4.69) is 28.2 Å². The molecular weight excluding hydrogens is 290 g/mol. The molecule has 1 N–H and O–H groups in total. The van der Waals surface area contributed by atoms with Crippen LogP contribution in [0.15, 0.2) is 28.7 Å². The van der Waals surface area contributed by atoms with Gasteiger partial charge in [0.2, 0.25) is 5.91 Å². The second-order valence-corrected chi connectivity index (χ2v) is 6.15. The third-order valence-electron chi connectivity index (χ3n) is 3.74. The van der Waals surface area contributed by atoms with Gasteiger partial charge in [0.05, 0.1) is 6.42 Å². The number of nitrogens with one attached hydrogen (secondary N) is 1. The number of hydrogen-bond donors (Lipinski definition) is 1. The van der Waals surface area contributed by atoms with Gasteiger partial charge < -0.3 is 5.32 Å². The Morgan fingerprint density at radius 3 is 2.61 bits per heavy atom. The molecule has 0 saturated heterocycles. The molecule has 3 heteroatoms. The van der Waals surface area contributed by atoms with Gasteiger partial charge in [-0.25, -0.2) is 0 Å². The van der Waals surface area contributed by atoms with Crippen LogP contribution in [0.5, 0.6) is 0 Å². The third kappa shape index (κ3) is 3.84. The molecule has 0 heterocycles. The Balaban J connectivity index is 1.86. The van der Waals surface area contributed by atoms with E-state index in [4.69, 9.17) is 0 Å². The summed E-state index contributed by atoms with van der Waals surface area (Å²) >= 11 is 3.40. The van der Waals surface area contributed by atoms with Crippen LogP contribution in [0, 0.1) is 5.92 Å². The predicted molar refractivity (Wildman–Crippen MR) is 77.4 cm³/mol. The van der Waals surface area contributed by atoms with E-state index in [1.165, 1.54) is 19.3 Å². The molecule has 0 radical (unpaired) electrons. The van der Waals surface area contributed by atoms with E-state index in [1.54, 1.807) is 0 Å². The monoisotopic (exact) mass is 309 g/mol. The summed E-state index contributed by atoms with van der Waals surface area (Å²) in [5, 5.41) is 3.18. The molecule has 2 nitrogen and oxygen atoms in total. The number of carbonyl (C=O) groups excluding carboxylic acids is 1. The summed E-state index contributed by atoms with van der Waals surface area (Å²) in [6, 6.07) is 8.32. The quantitative estimate of drug-likeness (QED) is 0.906. The van der Waals surface area contributed by atoms with Crippen LogP contribution in [0.1, 0.15) is 38.2 Å². The number of carbonyl (C=O) groups is 1. The van der Waals surface area contributed by atoms with Crippen LogP contribution >= 0.6 is 15.9 Å². The van der Waals surface area contributed by atoms with Crippen molar-refractivity contribution in [1.29, 1.82) is 0 Å². The van der Waals surface area contributed by atoms with E-state index in [9.17, 15) is 4.79 Å². The van der Waals surface area contributed by atoms with Crippen molar-refractivity contribution in [3.63, 3.8) is 0 Å². The van der Waals surface area contributed by atoms with Crippen molar-refractivity contribution in [3.8, 4) is 0 Å². The Morgan fingerprint density at radius 2 is 1.94 bits per heavy atom. The Bertz CT molecular complexity index is 401. The van der Waals surface area contributed by atoms with Crippen LogP contribution < -0.4 is 5.32 Å². The lowest BCUT2D eigenvalue weighted by atomic mass is 9.86. The molecule has 1 aliphatic rings. The molecule has 2 rings (SSSR count). The molecule has 0 aliphatic heterocycles. The Hall–Kier alpha value is -0.830. The van der Waals surface area contributed by atoms with Crippen molar-refractivity contribution >= 4 is 21.8 Å². The van der Waals surface area contributed by atoms with Gasteiger partial charge in [-0.2, -0.15) is 0 Å². The molecule has 1 aromatic carbocycles. The Labute approximate surface area is 117 Å². The van der Waals surface area contributed by atoms with Gasteiger partial charge in [-0.1, -0.05) is 47.8 Å². The van der Waals surface area contributed by atoms with Gasteiger partial charge in [0.1, 0.15) is 0 Å². The summed E-state index contributed by atoms with van der Waals surface area (Å²) < 4.78 is 1.05. The molecule has 0 spiro atoms. The molecule has 0 bridgehead atoms. The number of rotatable bonds is 3. The van der Waals surface area contributed by atoms with E-state index in [0.29, 0.717) is 18.4 Å². The Kier molecular flexibility index (Phi) is 4.81. The molecule has 1 aliphatic carbocycles. The van der Waals surface area contributed by atoms with Crippen LogP contribution in [0.25, 0.3) is 0 Å². The summed E-state index contributed by atoms with van der Waals surface area (Å²) in [7, 11) is 0. The third-order valence-corrected chi connectivity index (χ3v) is 4.26. The van der Waals surface area contributed by atoms with Crippen LogP contribution in [-0.4, -0.2) is 11.9 Å². The lowest BCUT2D eigenvalue weighted by Crippen LogP contribution is -2.41. The molecule has 18 heavy (non-hydrogen) atoms. The second-order valence-electron chi connectivity index (χ2n) is 5.24. The van der Waals surface area contributed by atoms with E-state index in [-0.39, 0.29) is 5.91 Å². The summed E-state index contributed by atoms with van der Waals surface area (Å²) in [5.41, 5.74) is 1.07. The van der Waals surface area contributed by atoms with Crippen molar-refractivity contribution < 1.29 is 4.79 Å². The molecule has 0 aromatic heterocycles. The SMILES string of the molecule is C[C@H]1CCCC[C@@H]1NC(=O)Cc1ccc(Br)cc1. The zero-order valence-corrected chi connectivity index (χ0v) is 12.4. The van der Waals surface area contributed by atoms with E-state index >= 15 is 0 Å². The van der Waals surface area contributed by atoms with E-state index < -0.39 is 0 Å². The first-order valence-electron chi connectivity index (χ1n) is 6.69. The molecule has 1 aromatic rings. The molecule has 98 valence electrons. The maximum atomic E-state index is 12.0. The lowest BCUT2D eigenvalue weighted by Gasteiger charge is -2.29. The van der Waals surface area contributed by atoms with Crippen LogP contribution in [-0.2, 0) is 11.2 Å². The largest absolute Gasteiger partial charge is 0.353 e. The first kappa shape index (κ1) is 13.6. The average molecular weight is 310 g/mol. The summed E-state index contributed by atoms with van der Waals surface area (Å²) in [6.07, 6.45) is 5.40. The first-order valence-corrected chi connectivity index (χ1v) is 7.48.